The molecule has 0 saturated carbocycles. The molecule has 102 valence electrons. The number of aromatic hydroxyl groups is 1. The summed E-state index contributed by atoms with van der Waals surface area (Å²) in [4.78, 5) is 0. The second-order valence-electron chi connectivity index (χ2n) is 5.96. The van der Waals surface area contributed by atoms with Crippen LogP contribution in [-0.2, 0) is 13.1 Å². The monoisotopic (exact) mass is 258 g/mol. The van der Waals surface area contributed by atoms with Gasteiger partial charge in [0.2, 0.25) is 0 Å². The van der Waals surface area contributed by atoms with E-state index in [4.69, 9.17) is 0 Å². The number of nitrogens with one attached hydrogen (secondary N) is 1. The molecule has 1 aromatic heterocycles. The number of hydrogen-bond donors (Lipinski definition) is 2. The minimum absolute atomic E-state index is 0.138. The fourth-order valence-electron chi connectivity index (χ4n) is 1.87. The lowest BCUT2D eigenvalue weighted by Gasteiger charge is -2.19. The minimum atomic E-state index is 0.138. The Morgan fingerprint density at radius 2 is 1.74 bits per heavy atom. The Morgan fingerprint density at radius 1 is 1.05 bits per heavy atom. The molecule has 2 N–H and O–H groups in total. The molecule has 0 spiro atoms. The van der Waals surface area contributed by atoms with Crippen molar-refractivity contribution in [1.82, 2.24) is 9.88 Å². The smallest absolute Gasteiger partial charge is 0.115 e. The summed E-state index contributed by atoms with van der Waals surface area (Å²) in [5, 5.41) is 12.7. The average molecular weight is 258 g/mol. The highest BCUT2D eigenvalue weighted by Crippen LogP contribution is 2.12. The van der Waals surface area contributed by atoms with Crippen LogP contribution in [-0.4, -0.2) is 15.2 Å². The summed E-state index contributed by atoms with van der Waals surface area (Å²) in [5.41, 5.74) is 2.61. The van der Waals surface area contributed by atoms with Crippen molar-refractivity contribution < 1.29 is 5.11 Å². The van der Waals surface area contributed by atoms with Crippen LogP contribution in [0, 0.1) is 0 Å². The topological polar surface area (TPSA) is 37.2 Å². The Hall–Kier alpha value is -1.74. The van der Waals surface area contributed by atoms with Gasteiger partial charge in [-0.1, -0.05) is 12.1 Å². The van der Waals surface area contributed by atoms with Crippen LogP contribution in [0.4, 0.5) is 0 Å². The molecule has 0 fully saturated rings. The highest BCUT2D eigenvalue weighted by molar-refractivity contribution is 5.26. The molecule has 2 aromatic rings. The molecule has 1 heterocycles. The number of aromatic nitrogens is 1. The average Bonchev–Trinajstić information content (AvgIpc) is 2.77. The lowest BCUT2D eigenvalue weighted by Crippen LogP contribution is -2.34. The van der Waals surface area contributed by atoms with Crippen LogP contribution in [0.25, 0.3) is 0 Å². The zero-order valence-corrected chi connectivity index (χ0v) is 11.9. The van der Waals surface area contributed by atoms with E-state index in [2.05, 4.69) is 49.1 Å². The third-order valence-corrected chi connectivity index (χ3v) is 2.94. The minimum Gasteiger partial charge on any atom is -0.508 e. The second kappa shape index (κ2) is 5.49. The lowest BCUT2D eigenvalue weighted by molar-refractivity contribution is 0.424. The number of phenolic OH excluding ortho intramolecular Hbond substituents is 1. The van der Waals surface area contributed by atoms with E-state index < -0.39 is 0 Å². The van der Waals surface area contributed by atoms with Crippen molar-refractivity contribution in [3.8, 4) is 5.75 Å². The van der Waals surface area contributed by atoms with Gasteiger partial charge in [0.1, 0.15) is 5.75 Å². The van der Waals surface area contributed by atoms with Crippen LogP contribution >= 0.6 is 0 Å². The Morgan fingerprint density at radius 3 is 2.37 bits per heavy atom. The summed E-state index contributed by atoms with van der Waals surface area (Å²) < 4.78 is 2.16. The van der Waals surface area contributed by atoms with Gasteiger partial charge in [0, 0.05) is 31.0 Å². The van der Waals surface area contributed by atoms with Gasteiger partial charge in [0.15, 0.2) is 0 Å². The maximum Gasteiger partial charge on any atom is 0.115 e. The van der Waals surface area contributed by atoms with E-state index in [1.807, 2.05) is 12.1 Å². The first-order chi connectivity index (χ1) is 8.92. The SMILES string of the molecule is CC(C)(C)NCc1ccn(Cc2ccc(O)cc2)c1. The van der Waals surface area contributed by atoms with Crippen LogP contribution < -0.4 is 5.32 Å². The van der Waals surface area contributed by atoms with Gasteiger partial charge in [-0.15, -0.1) is 0 Å². The second-order valence-corrected chi connectivity index (χ2v) is 5.96. The molecular formula is C16H22N2O. The third kappa shape index (κ3) is 4.45. The number of rotatable bonds is 4. The first-order valence-electron chi connectivity index (χ1n) is 6.60. The van der Waals surface area contributed by atoms with Crippen LogP contribution in [0.1, 0.15) is 31.9 Å². The van der Waals surface area contributed by atoms with E-state index in [0.29, 0.717) is 5.75 Å². The number of benzene rings is 1. The molecule has 0 aliphatic heterocycles. The van der Waals surface area contributed by atoms with Gasteiger partial charge >= 0.3 is 0 Å². The molecule has 1 aromatic carbocycles. The Bertz CT molecular complexity index is 520. The summed E-state index contributed by atoms with van der Waals surface area (Å²) in [5.74, 6) is 0.311. The van der Waals surface area contributed by atoms with Crippen molar-refractivity contribution in [1.29, 1.82) is 0 Å². The van der Waals surface area contributed by atoms with Crippen molar-refractivity contribution in [3.63, 3.8) is 0 Å². The van der Waals surface area contributed by atoms with Crippen LogP contribution in [0.15, 0.2) is 42.7 Å². The van der Waals surface area contributed by atoms with Crippen molar-refractivity contribution in [2.45, 2.75) is 39.4 Å². The molecule has 2 rings (SSSR count). The van der Waals surface area contributed by atoms with Crippen molar-refractivity contribution in [2.75, 3.05) is 0 Å². The standard InChI is InChI=1S/C16H22N2O/c1-16(2,3)17-10-14-8-9-18(12-14)11-13-4-6-15(19)7-5-13/h4-9,12,17,19H,10-11H2,1-3H3. The maximum absolute atomic E-state index is 9.26. The van der Waals surface area contributed by atoms with Gasteiger partial charge in [-0.3, -0.25) is 0 Å². The molecule has 0 saturated heterocycles. The highest BCUT2D eigenvalue weighted by atomic mass is 16.3. The summed E-state index contributed by atoms with van der Waals surface area (Å²) in [6.45, 7) is 8.21. The summed E-state index contributed by atoms with van der Waals surface area (Å²) in [6, 6.07) is 9.48. The molecule has 0 bridgehead atoms. The van der Waals surface area contributed by atoms with E-state index >= 15 is 0 Å². The Kier molecular flexibility index (Phi) is 3.96. The quantitative estimate of drug-likeness (QED) is 0.884. The molecule has 3 nitrogen and oxygen atoms in total. The third-order valence-electron chi connectivity index (χ3n) is 2.94. The van der Waals surface area contributed by atoms with Crippen molar-refractivity contribution >= 4 is 0 Å². The summed E-state index contributed by atoms with van der Waals surface area (Å²) >= 11 is 0. The van der Waals surface area contributed by atoms with Gasteiger partial charge in [0.05, 0.1) is 0 Å². The Balaban J connectivity index is 1.95. The molecule has 19 heavy (non-hydrogen) atoms. The van der Waals surface area contributed by atoms with Crippen LogP contribution in [0.3, 0.4) is 0 Å². The molecular weight excluding hydrogens is 236 g/mol. The van der Waals surface area contributed by atoms with Crippen molar-refractivity contribution in [2.24, 2.45) is 0 Å². The van der Waals surface area contributed by atoms with E-state index in [0.717, 1.165) is 13.1 Å². The first kappa shape index (κ1) is 13.7. The first-order valence-corrected chi connectivity index (χ1v) is 6.60. The number of nitrogens with zero attached hydrogens (tertiary/aromatic N) is 1. The molecule has 0 aliphatic rings. The highest BCUT2D eigenvalue weighted by Gasteiger charge is 2.08. The molecule has 0 unspecified atom stereocenters. The predicted molar refractivity (Wildman–Crippen MR) is 78.2 cm³/mol. The summed E-state index contributed by atoms with van der Waals surface area (Å²) in [7, 11) is 0. The van der Waals surface area contributed by atoms with Gasteiger partial charge in [-0.05, 0) is 50.1 Å². The molecule has 3 heteroatoms. The fourth-order valence-corrected chi connectivity index (χ4v) is 1.87. The molecule has 0 radical (unpaired) electrons. The van der Waals surface area contributed by atoms with Gasteiger partial charge in [-0.2, -0.15) is 0 Å². The summed E-state index contributed by atoms with van der Waals surface area (Å²) in [6.07, 6.45) is 4.25. The van der Waals surface area contributed by atoms with E-state index in [-0.39, 0.29) is 5.54 Å². The van der Waals surface area contributed by atoms with Crippen LogP contribution in [0.5, 0.6) is 5.75 Å². The van der Waals surface area contributed by atoms with E-state index in [1.54, 1.807) is 12.1 Å². The van der Waals surface area contributed by atoms with Crippen LogP contribution in [0.2, 0.25) is 0 Å². The normalized spacial score (nSPS) is 11.7. The number of hydrogen-bond acceptors (Lipinski definition) is 2. The van der Waals surface area contributed by atoms with Gasteiger partial charge in [-0.25, -0.2) is 0 Å². The van der Waals surface area contributed by atoms with Gasteiger partial charge in [0.25, 0.3) is 0 Å². The predicted octanol–water partition coefficient (Wildman–Crippen LogP) is 3.13. The largest absolute Gasteiger partial charge is 0.508 e. The molecule has 0 aliphatic carbocycles. The fraction of sp³-hybridized carbons (Fsp3) is 0.375. The zero-order chi connectivity index (χ0) is 13.9. The Labute approximate surface area is 114 Å². The zero-order valence-electron chi connectivity index (χ0n) is 11.9. The van der Waals surface area contributed by atoms with E-state index in [9.17, 15) is 5.11 Å². The number of phenols is 1. The molecule has 0 amide bonds. The van der Waals surface area contributed by atoms with E-state index in [1.165, 1.54) is 11.1 Å². The maximum atomic E-state index is 9.26. The molecule has 0 atom stereocenters. The van der Waals surface area contributed by atoms with Crippen molar-refractivity contribution in [3.05, 3.63) is 53.9 Å². The van der Waals surface area contributed by atoms with Gasteiger partial charge < -0.3 is 15.0 Å². The lowest BCUT2D eigenvalue weighted by atomic mass is 10.1.